The van der Waals surface area contributed by atoms with Crippen molar-refractivity contribution in [2.24, 2.45) is 5.92 Å². The molecular formula is C8H18B2O. The van der Waals surface area contributed by atoms with Gasteiger partial charge in [0, 0.05) is 23.9 Å². The highest BCUT2D eigenvalue weighted by atomic mass is 16.5. The summed E-state index contributed by atoms with van der Waals surface area (Å²) in [6, 6.07) is 0. The second kappa shape index (κ2) is 10.1. The third-order valence-electron chi connectivity index (χ3n) is 1.98. The van der Waals surface area contributed by atoms with E-state index in [0.717, 1.165) is 6.42 Å². The van der Waals surface area contributed by atoms with E-state index in [2.05, 4.69) is 20.8 Å². The van der Waals surface area contributed by atoms with Crippen molar-refractivity contribution in [3.05, 3.63) is 0 Å². The summed E-state index contributed by atoms with van der Waals surface area (Å²) in [6.45, 7) is 6.60. The highest BCUT2D eigenvalue weighted by molar-refractivity contribution is 5.76. The molecule has 0 heterocycles. The van der Waals surface area contributed by atoms with Gasteiger partial charge in [-0.25, -0.2) is 0 Å². The summed E-state index contributed by atoms with van der Waals surface area (Å²) in [5.41, 5.74) is 0. The molecule has 0 rings (SSSR count). The van der Waals surface area contributed by atoms with Crippen LogP contribution in [-0.2, 0) is 4.74 Å². The molecule has 62 valence electrons. The van der Waals surface area contributed by atoms with Crippen molar-refractivity contribution in [2.75, 3.05) is 7.11 Å². The molecule has 0 aromatic heterocycles. The number of methoxy groups -OCH3 is 1. The fourth-order valence-corrected chi connectivity index (χ4v) is 1.06. The minimum atomic E-state index is 0. The van der Waals surface area contributed by atoms with Crippen molar-refractivity contribution in [2.45, 2.75) is 39.7 Å². The number of ether oxygens (including phenoxy) is 1. The molecular weight excluding hydrogens is 134 g/mol. The predicted octanol–water partition coefficient (Wildman–Crippen LogP) is 1.70. The molecule has 1 nitrogen and oxygen atoms in total. The van der Waals surface area contributed by atoms with Crippen LogP contribution in [0, 0.1) is 5.92 Å². The van der Waals surface area contributed by atoms with Gasteiger partial charge in [-0.2, -0.15) is 0 Å². The highest BCUT2D eigenvalue weighted by Crippen LogP contribution is 2.12. The van der Waals surface area contributed by atoms with Crippen LogP contribution in [0.2, 0.25) is 0 Å². The van der Waals surface area contributed by atoms with E-state index >= 15 is 0 Å². The summed E-state index contributed by atoms with van der Waals surface area (Å²) < 4.78 is 5.25. The smallest absolute Gasteiger partial charge is 0.0594 e. The number of hydrogen-bond donors (Lipinski definition) is 0. The molecule has 0 fully saturated rings. The molecule has 3 heteroatoms. The summed E-state index contributed by atoms with van der Waals surface area (Å²) in [7, 11) is 1.79. The molecule has 0 bridgehead atoms. The Morgan fingerprint density at radius 2 is 1.55 bits per heavy atom. The van der Waals surface area contributed by atoms with Crippen LogP contribution < -0.4 is 0 Å². The molecule has 0 aliphatic carbocycles. The first-order chi connectivity index (χ1) is 4.26. The molecule has 0 aliphatic rings. The molecule has 0 aromatic carbocycles. The normalized spacial score (nSPS) is 14.2. The van der Waals surface area contributed by atoms with Crippen molar-refractivity contribution in [1.82, 2.24) is 0 Å². The topological polar surface area (TPSA) is 9.23 Å². The van der Waals surface area contributed by atoms with Crippen LogP contribution >= 0.6 is 0 Å². The van der Waals surface area contributed by atoms with Gasteiger partial charge in [0.05, 0.1) is 6.10 Å². The van der Waals surface area contributed by atoms with Crippen molar-refractivity contribution in [3.63, 3.8) is 0 Å². The van der Waals surface area contributed by atoms with E-state index in [-0.39, 0.29) is 16.8 Å². The molecule has 2 unspecified atom stereocenters. The van der Waals surface area contributed by atoms with Crippen LogP contribution in [0.1, 0.15) is 33.6 Å². The standard InChI is InChI=1S/C8H18O.2B/c1-5-7(3)8(6-2)9-4;;/h7-8H,5-6H2,1-4H3;;. The van der Waals surface area contributed by atoms with Crippen molar-refractivity contribution in [3.8, 4) is 0 Å². The Bertz CT molecular complexity index is 65.1. The third kappa shape index (κ3) is 6.49. The van der Waals surface area contributed by atoms with E-state index in [4.69, 9.17) is 4.74 Å². The van der Waals surface area contributed by atoms with E-state index in [1.807, 2.05) is 0 Å². The Balaban J connectivity index is -0.000000320. The van der Waals surface area contributed by atoms with Crippen LogP contribution in [0.4, 0.5) is 0 Å². The van der Waals surface area contributed by atoms with E-state index in [1.54, 1.807) is 7.11 Å². The van der Waals surface area contributed by atoms with Crippen molar-refractivity contribution in [1.29, 1.82) is 0 Å². The van der Waals surface area contributed by atoms with Gasteiger partial charge >= 0.3 is 0 Å². The van der Waals surface area contributed by atoms with Crippen LogP contribution in [0.25, 0.3) is 0 Å². The molecule has 0 aliphatic heterocycles. The predicted molar refractivity (Wildman–Crippen MR) is 52.1 cm³/mol. The zero-order chi connectivity index (χ0) is 7.28. The van der Waals surface area contributed by atoms with Gasteiger partial charge in [0.25, 0.3) is 0 Å². The van der Waals surface area contributed by atoms with Gasteiger partial charge in [0.2, 0.25) is 0 Å². The quantitative estimate of drug-likeness (QED) is 0.556. The average molecular weight is 152 g/mol. The largest absolute Gasteiger partial charge is 0.381 e. The van der Waals surface area contributed by atoms with Crippen molar-refractivity contribution >= 4 is 16.8 Å². The lowest BCUT2D eigenvalue weighted by Crippen LogP contribution is -2.18. The van der Waals surface area contributed by atoms with Crippen LogP contribution in [-0.4, -0.2) is 30.0 Å². The molecule has 0 amide bonds. The lowest BCUT2D eigenvalue weighted by atomic mass is 10.0. The van der Waals surface area contributed by atoms with E-state index < -0.39 is 0 Å². The minimum Gasteiger partial charge on any atom is -0.381 e. The van der Waals surface area contributed by atoms with E-state index in [0.29, 0.717) is 12.0 Å². The summed E-state index contributed by atoms with van der Waals surface area (Å²) >= 11 is 0. The summed E-state index contributed by atoms with van der Waals surface area (Å²) in [5.74, 6) is 0.708. The Morgan fingerprint density at radius 3 is 1.64 bits per heavy atom. The fraction of sp³-hybridized carbons (Fsp3) is 1.00. The Hall–Kier alpha value is 0.0899. The molecule has 0 spiro atoms. The van der Waals surface area contributed by atoms with Gasteiger partial charge < -0.3 is 4.74 Å². The van der Waals surface area contributed by atoms with Crippen LogP contribution in [0.15, 0.2) is 0 Å². The molecule has 6 radical (unpaired) electrons. The average Bonchev–Trinajstić information content (AvgIpc) is 1.90. The lowest BCUT2D eigenvalue weighted by molar-refractivity contribution is 0.0543. The first-order valence-corrected chi connectivity index (χ1v) is 3.79. The van der Waals surface area contributed by atoms with Gasteiger partial charge in [0.15, 0.2) is 0 Å². The first kappa shape index (κ1) is 17.3. The first-order valence-electron chi connectivity index (χ1n) is 3.79. The summed E-state index contributed by atoms with van der Waals surface area (Å²) in [5, 5.41) is 0. The molecule has 0 aromatic rings. The number of hydrogen-bond acceptors (Lipinski definition) is 1. The second-order valence-corrected chi connectivity index (χ2v) is 2.57. The zero-order valence-corrected chi connectivity index (χ0v) is 8.13. The fourth-order valence-electron chi connectivity index (χ4n) is 1.06. The molecule has 0 N–H and O–H groups in total. The molecule has 0 saturated carbocycles. The monoisotopic (exact) mass is 152 g/mol. The molecule has 0 saturated heterocycles. The van der Waals surface area contributed by atoms with Crippen LogP contribution in [0.5, 0.6) is 0 Å². The molecule has 2 atom stereocenters. The Labute approximate surface area is 75.1 Å². The van der Waals surface area contributed by atoms with E-state index in [9.17, 15) is 0 Å². The summed E-state index contributed by atoms with van der Waals surface area (Å²) in [6.07, 6.45) is 2.81. The Kier molecular flexibility index (Phi) is 15.8. The Morgan fingerprint density at radius 1 is 1.09 bits per heavy atom. The van der Waals surface area contributed by atoms with Crippen LogP contribution in [0.3, 0.4) is 0 Å². The second-order valence-electron chi connectivity index (χ2n) is 2.57. The number of rotatable bonds is 4. The van der Waals surface area contributed by atoms with E-state index in [1.165, 1.54) is 6.42 Å². The maximum Gasteiger partial charge on any atom is 0.0594 e. The maximum atomic E-state index is 5.25. The lowest BCUT2D eigenvalue weighted by Gasteiger charge is -2.18. The third-order valence-corrected chi connectivity index (χ3v) is 1.98. The van der Waals surface area contributed by atoms with Gasteiger partial charge in [-0.1, -0.05) is 27.2 Å². The molecule has 11 heavy (non-hydrogen) atoms. The van der Waals surface area contributed by atoms with Gasteiger partial charge in [-0.05, 0) is 12.3 Å². The minimum absolute atomic E-state index is 0. The maximum absolute atomic E-state index is 5.25. The highest BCUT2D eigenvalue weighted by Gasteiger charge is 2.10. The summed E-state index contributed by atoms with van der Waals surface area (Å²) in [4.78, 5) is 0. The van der Waals surface area contributed by atoms with Crippen molar-refractivity contribution < 1.29 is 4.74 Å². The van der Waals surface area contributed by atoms with Gasteiger partial charge in [0.1, 0.15) is 0 Å². The SMILES string of the molecule is CCC(C)C(CC)OC.[B].[B]. The zero-order valence-electron chi connectivity index (χ0n) is 8.13. The van der Waals surface area contributed by atoms with Gasteiger partial charge in [-0.3, -0.25) is 0 Å². The van der Waals surface area contributed by atoms with Gasteiger partial charge in [-0.15, -0.1) is 0 Å².